The molecular weight excluding hydrogens is 439 g/mol. The van der Waals surface area contributed by atoms with E-state index >= 15 is 0 Å². The van der Waals surface area contributed by atoms with Crippen LogP contribution in [-0.2, 0) is 11.3 Å². The Morgan fingerprint density at radius 3 is 2.74 bits per heavy atom. The number of nitrogens with one attached hydrogen (secondary N) is 1. The molecule has 27 heavy (non-hydrogen) atoms. The third kappa shape index (κ3) is 4.17. The molecule has 0 aliphatic rings. The smallest absolute Gasteiger partial charge is 0.275 e. The number of amides is 1. The van der Waals surface area contributed by atoms with E-state index < -0.39 is 17.3 Å². The zero-order valence-electron chi connectivity index (χ0n) is 14.5. The van der Waals surface area contributed by atoms with Gasteiger partial charge in [-0.25, -0.2) is 14.1 Å². The summed E-state index contributed by atoms with van der Waals surface area (Å²) >= 11 is 9.04. The van der Waals surface area contributed by atoms with Crippen molar-refractivity contribution in [2.75, 3.05) is 5.32 Å². The molecule has 1 amide bonds. The standard InChI is InChI=1S/C18H15BrClFN4O2/c1-9(2)16-13-5-10(19)3-4-12(13)18(27)25(24-16)8-15(26)23-17-14(21)6-11(20)7-22-17/h3-7,9H,8H2,1-2H3,(H,22,23,26). The molecule has 1 N–H and O–H groups in total. The molecule has 6 nitrogen and oxygen atoms in total. The largest absolute Gasteiger partial charge is 0.307 e. The van der Waals surface area contributed by atoms with E-state index in [-0.39, 0.29) is 23.3 Å². The first kappa shape index (κ1) is 19.4. The summed E-state index contributed by atoms with van der Waals surface area (Å²) in [4.78, 5) is 28.7. The van der Waals surface area contributed by atoms with Crippen molar-refractivity contribution in [1.82, 2.24) is 14.8 Å². The van der Waals surface area contributed by atoms with Crippen LogP contribution in [0.25, 0.3) is 10.8 Å². The fraction of sp³-hybridized carbons (Fsp3) is 0.222. The van der Waals surface area contributed by atoms with Gasteiger partial charge in [0.15, 0.2) is 11.6 Å². The highest BCUT2D eigenvalue weighted by Crippen LogP contribution is 2.24. The van der Waals surface area contributed by atoms with Crippen molar-refractivity contribution in [1.29, 1.82) is 0 Å². The van der Waals surface area contributed by atoms with Gasteiger partial charge in [0, 0.05) is 16.1 Å². The lowest BCUT2D eigenvalue weighted by Crippen LogP contribution is -2.31. The normalized spacial score (nSPS) is 11.2. The minimum atomic E-state index is -0.762. The van der Waals surface area contributed by atoms with E-state index in [1.54, 1.807) is 12.1 Å². The number of fused-ring (bicyclic) bond motifs is 1. The van der Waals surface area contributed by atoms with E-state index in [4.69, 9.17) is 11.6 Å². The summed E-state index contributed by atoms with van der Waals surface area (Å²) in [5.41, 5.74) is 0.288. The van der Waals surface area contributed by atoms with Crippen LogP contribution in [0.5, 0.6) is 0 Å². The van der Waals surface area contributed by atoms with Gasteiger partial charge in [-0.2, -0.15) is 5.10 Å². The molecule has 0 aliphatic heterocycles. The molecule has 140 valence electrons. The van der Waals surface area contributed by atoms with Crippen molar-refractivity contribution in [3.8, 4) is 0 Å². The molecule has 0 saturated heterocycles. The minimum absolute atomic E-state index is 0.0343. The molecule has 0 aliphatic carbocycles. The molecule has 0 bridgehead atoms. The van der Waals surface area contributed by atoms with Gasteiger partial charge < -0.3 is 5.32 Å². The maximum Gasteiger partial charge on any atom is 0.275 e. The van der Waals surface area contributed by atoms with Gasteiger partial charge in [0.2, 0.25) is 5.91 Å². The highest BCUT2D eigenvalue weighted by Gasteiger charge is 2.16. The minimum Gasteiger partial charge on any atom is -0.307 e. The number of rotatable bonds is 4. The van der Waals surface area contributed by atoms with Gasteiger partial charge in [-0.1, -0.05) is 41.4 Å². The second kappa shape index (κ2) is 7.74. The lowest BCUT2D eigenvalue weighted by atomic mass is 10.0. The SMILES string of the molecule is CC(C)c1nn(CC(=O)Nc2ncc(Cl)cc2F)c(=O)c2ccc(Br)cc12. The maximum atomic E-state index is 13.8. The second-order valence-corrected chi connectivity index (χ2v) is 7.58. The number of carbonyl (C=O) groups is 1. The number of halogens is 3. The Labute approximate surface area is 167 Å². The topological polar surface area (TPSA) is 76.9 Å². The zero-order valence-corrected chi connectivity index (χ0v) is 16.8. The average molecular weight is 454 g/mol. The number of benzene rings is 1. The monoisotopic (exact) mass is 452 g/mol. The molecule has 9 heteroatoms. The Balaban J connectivity index is 1.97. The quantitative estimate of drug-likeness (QED) is 0.645. The molecule has 0 unspecified atom stereocenters. The number of hydrogen-bond donors (Lipinski definition) is 1. The van der Waals surface area contributed by atoms with Gasteiger partial charge in [0.25, 0.3) is 5.56 Å². The van der Waals surface area contributed by atoms with Crippen LogP contribution in [0.3, 0.4) is 0 Å². The summed E-state index contributed by atoms with van der Waals surface area (Å²) < 4.78 is 15.7. The summed E-state index contributed by atoms with van der Waals surface area (Å²) in [7, 11) is 0. The number of carbonyl (C=O) groups excluding carboxylic acids is 1. The van der Waals surface area contributed by atoms with Crippen molar-refractivity contribution in [2.24, 2.45) is 0 Å². The molecular formula is C18H15BrClFN4O2. The van der Waals surface area contributed by atoms with Gasteiger partial charge in [-0.3, -0.25) is 9.59 Å². The predicted octanol–water partition coefficient (Wildman–Crippen LogP) is 4.11. The Morgan fingerprint density at radius 1 is 1.33 bits per heavy atom. The van der Waals surface area contributed by atoms with Crippen LogP contribution in [0.1, 0.15) is 25.5 Å². The number of nitrogens with zero attached hydrogens (tertiary/aromatic N) is 3. The highest BCUT2D eigenvalue weighted by molar-refractivity contribution is 9.10. The van der Waals surface area contributed by atoms with Gasteiger partial charge in [0.1, 0.15) is 6.54 Å². The lowest BCUT2D eigenvalue weighted by Gasteiger charge is -2.13. The van der Waals surface area contributed by atoms with Crippen LogP contribution < -0.4 is 10.9 Å². The molecule has 2 aromatic heterocycles. The first-order chi connectivity index (χ1) is 12.8. The van der Waals surface area contributed by atoms with Gasteiger partial charge in [-0.15, -0.1) is 0 Å². The summed E-state index contributed by atoms with van der Waals surface area (Å²) in [5, 5.41) is 7.98. The molecule has 1 aromatic carbocycles. The first-order valence-electron chi connectivity index (χ1n) is 8.07. The van der Waals surface area contributed by atoms with E-state index in [2.05, 4.69) is 31.3 Å². The zero-order chi connectivity index (χ0) is 19.7. The van der Waals surface area contributed by atoms with Crippen molar-refractivity contribution in [3.63, 3.8) is 0 Å². The van der Waals surface area contributed by atoms with E-state index in [0.717, 1.165) is 20.6 Å². The fourth-order valence-corrected chi connectivity index (χ4v) is 3.14. The van der Waals surface area contributed by atoms with Crippen molar-refractivity contribution in [3.05, 3.63) is 61.8 Å². The van der Waals surface area contributed by atoms with E-state index in [0.29, 0.717) is 11.1 Å². The third-order valence-corrected chi connectivity index (χ3v) is 4.56. The Kier molecular flexibility index (Phi) is 5.57. The van der Waals surface area contributed by atoms with Crippen LogP contribution in [0.4, 0.5) is 10.2 Å². The number of pyridine rings is 1. The maximum absolute atomic E-state index is 13.8. The third-order valence-electron chi connectivity index (χ3n) is 3.86. The molecule has 0 spiro atoms. The average Bonchev–Trinajstić information content (AvgIpc) is 2.59. The summed E-state index contributed by atoms with van der Waals surface area (Å²) in [5.74, 6) is -1.61. The first-order valence-corrected chi connectivity index (χ1v) is 9.24. The van der Waals surface area contributed by atoms with Gasteiger partial charge in [0.05, 0.1) is 16.1 Å². The van der Waals surface area contributed by atoms with Crippen LogP contribution in [0, 0.1) is 5.82 Å². The Hall–Kier alpha value is -2.32. The number of hydrogen-bond acceptors (Lipinski definition) is 4. The van der Waals surface area contributed by atoms with Crippen LogP contribution >= 0.6 is 27.5 Å². The van der Waals surface area contributed by atoms with Crippen molar-refractivity contribution >= 4 is 50.0 Å². The summed E-state index contributed by atoms with van der Waals surface area (Å²) in [6.45, 7) is 3.53. The molecule has 0 atom stereocenters. The van der Waals surface area contributed by atoms with Crippen LogP contribution in [0.2, 0.25) is 5.02 Å². The molecule has 2 heterocycles. The number of aromatic nitrogens is 3. The predicted molar refractivity (Wildman–Crippen MR) is 106 cm³/mol. The molecule has 0 fully saturated rings. The lowest BCUT2D eigenvalue weighted by molar-refractivity contribution is -0.117. The van der Waals surface area contributed by atoms with E-state index in [1.165, 1.54) is 6.20 Å². The number of anilines is 1. The van der Waals surface area contributed by atoms with Gasteiger partial charge >= 0.3 is 0 Å². The van der Waals surface area contributed by atoms with Crippen molar-refractivity contribution in [2.45, 2.75) is 26.3 Å². The molecule has 0 radical (unpaired) electrons. The van der Waals surface area contributed by atoms with Crippen molar-refractivity contribution < 1.29 is 9.18 Å². The summed E-state index contributed by atoms with van der Waals surface area (Å²) in [6, 6.07) is 6.31. The van der Waals surface area contributed by atoms with Crippen LogP contribution in [-0.4, -0.2) is 20.7 Å². The molecule has 3 rings (SSSR count). The Bertz CT molecular complexity index is 1100. The molecule has 0 saturated carbocycles. The fourth-order valence-electron chi connectivity index (χ4n) is 2.63. The Morgan fingerprint density at radius 2 is 2.07 bits per heavy atom. The van der Waals surface area contributed by atoms with E-state index in [1.807, 2.05) is 19.9 Å². The molecule has 3 aromatic rings. The van der Waals surface area contributed by atoms with Gasteiger partial charge in [-0.05, 0) is 30.2 Å². The van der Waals surface area contributed by atoms with E-state index in [9.17, 15) is 14.0 Å². The summed E-state index contributed by atoms with van der Waals surface area (Å²) in [6.07, 6.45) is 1.22. The second-order valence-electron chi connectivity index (χ2n) is 6.22. The highest BCUT2D eigenvalue weighted by atomic mass is 79.9. The van der Waals surface area contributed by atoms with Crippen LogP contribution in [0.15, 0.2) is 39.7 Å².